The van der Waals surface area contributed by atoms with Gasteiger partial charge in [-0.25, -0.2) is 0 Å². The summed E-state index contributed by atoms with van der Waals surface area (Å²) in [6.45, 7) is 0. The largest absolute Gasteiger partial charge is 0.493 e. The number of thiophene rings is 1. The molecular formula is C22H19ClN2O4S2. The average Bonchev–Trinajstić information content (AvgIpc) is 3.11. The highest BCUT2D eigenvalue weighted by atomic mass is 35.5. The number of nitriles is 1. The molecule has 9 heteroatoms. The lowest BCUT2D eigenvalue weighted by atomic mass is 10.1. The number of methoxy groups -OCH3 is 3. The van der Waals surface area contributed by atoms with Crippen LogP contribution in [0.15, 0.2) is 40.6 Å². The Labute approximate surface area is 193 Å². The number of nitrogens with zero attached hydrogens (tertiary/aromatic N) is 1. The van der Waals surface area contributed by atoms with Gasteiger partial charge in [-0.05, 0) is 23.8 Å². The molecule has 1 aromatic heterocycles. The van der Waals surface area contributed by atoms with Crippen LogP contribution in [0, 0.1) is 11.3 Å². The third kappa shape index (κ3) is 4.59. The summed E-state index contributed by atoms with van der Waals surface area (Å²) in [4.78, 5) is 13.5. The number of thioether (sulfide) groups is 1. The Hall–Kier alpha value is -2.86. The second-order valence-electron chi connectivity index (χ2n) is 6.24. The van der Waals surface area contributed by atoms with Crippen molar-refractivity contribution in [2.24, 2.45) is 0 Å². The molecule has 0 amide bonds. The molecule has 0 unspecified atom stereocenters. The molecule has 0 atom stereocenters. The minimum absolute atomic E-state index is 0.160. The van der Waals surface area contributed by atoms with Gasteiger partial charge in [0, 0.05) is 16.3 Å². The Balaban J connectivity index is 1.97. The zero-order valence-electron chi connectivity index (χ0n) is 17.0. The summed E-state index contributed by atoms with van der Waals surface area (Å²) in [6, 6.07) is 12.7. The number of hydrogen-bond acceptors (Lipinski definition) is 8. The molecule has 0 aliphatic heterocycles. The molecule has 0 aliphatic carbocycles. The van der Waals surface area contributed by atoms with E-state index in [-0.39, 0.29) is 21.9 Å². The van der Waals surface area contributed by atoms with Gasteiger partial charge in [0.05, 0.1) is 31.2 Å². The van der Waals surface area contributed by atoms with Crippen LogP contribution < -0.4 is 19.9 Å². The van der Waals surface area contributed by atoms with Crippen LogP contribution in [0.4, 0.5) is 5.69 Å². The van der Waals surface area contributed by atoms with Crippen molar-refractivity contribution in [1.29, 1.82) is 5.26 Å². The first-order chi connectivity index (χ1) is 14.9. The van der Waals surface area contributed by atoms with E-state index in [0.717, 1.165) is 5.56 Å². The number of rotatable bonds is 8. The van der Waals surface area contributed by atoms with E-state index < -0.39 is 0 Å². The number of ketones is 1. The van der Waals surface area contributed by atoms with Crippen molar-refractivity contribution in [2.75, 3.05) is 27.1 Å². The number of nitrogen functional groups attached to an aromatic ring is 1. The fourth-order valence-corrected chi connectivity index (χ4v) is 5.55. The van der Waals surface area contributed by atoms with Gasteiger partial charge in [0.1, 0.15) is 16.5 Å². The van der Waals surface area contributed by atoms with E-state index in [0.29, 0.717) is 37.8 Å². The highest BCUT2D eigenvalue weighted by molar-refractivity contribution is 8.00. The number of anilines is 1. The van der Waals surface area contributed by atoms with Crippen molar-refractivity contribution in [2.45, 2.75) is 9.96 Å². The van der Waals surface area contributed by atoms with Crippen molar-refractivity contribution >= 4 is 46.2 Å². The third-order valence-electron chi connectivity index (χ3n) is 4.47. The predicted molar refractivity (Wildman–Crippen MR) is 124 cm³/mol. The molecule has 6 nitrogen and oxygen atoms in total. The summed E-state index contributed by atoms with van der Waals surface area (Å²) < 4.78 is 16.6. The molecule has 3 rings (SSSR count). The summed E-state index contributed by atoms with van der Waals surface area (Å²) in [5, 5.41) is 10.3. The third-order valence-corrected chi connectivity index (χ3v) is 7.37. The molecule has 0 aliphatic rings. The van der Waals surface area contributed by atoms with Gasteiger partial charge in [-0.1, -0.05) is 29.8 Å². The summed E-state index contributed by atoms with van der Waals surface area (Å²) in [7, 11) is 4.44. The Kier molecular flexibility index (Phi) is 7.33. The Bertz CT molecular complexity index is 1150. The molecule has 0 bridgehead atoms. The predicted octanol–water partition coefficient (Wildman–Crippen LogP) is 5.40. The van der Waals surface area contributed by atoms with Gasteiger partial charge in [-0.15, -0.1) is 23.1 Å². The van der Waals surface area contributed by atoms with Crippen molar-refractivity contribution in [1.82, 2.24) is 0 Å². The number of halogens is 1. The molecule has 0 saturated carbocycles. The van der Waals surface area contributed by atoms with Crippen LogP contribution in [-0.4, -0.2) is 27.1 Å². The molecule has 0 fully saturated rings. The summed E-state index contributed by atoms with van der Waals surface area (Å²) in [6.07, 6.45) is 0. The monoisotopic (exact) mass is 474 g/mol. The lowest BCUT2D eigenvalue weighted by molar-refractivity contribution is 0.104. The normalized spacial score (nSPS) is 10.4. The van der Waals surface area contributed by atoms with E-state index in [9.17, 15) is 10.1 Å². The zero-order valence-corrected chi connectivity index (χ0v) is 19.4. The van der Waals surface area contributed by atoms with E-state index in [1.165, 1.54) is 44.4 Å². The molecule has 0 saturated heterocycles. The molecule has 1 heterocycles. The lowest BCUT2D eigenvalue weighted by Crippen LogP contribution is -2.05. The quantitative estimate of drug-likeness (QED) is 0.344. The number of hydrogen-bond donors (Lipinski definition) is 1. The summed E-state index contributed by atoms with van der Waals surface area (Å²) >= 11 is 8.83. The fourth-order valence-electron chi connectivity index (χ4n) is 2.90. The maximum atomic E-state index is 13.3. The van der Waals surface area contributed by atoms with Crippen LogP contribution in [0.2, 0.25) is 5.02 Å². The second-order valence-corrected chi connectivity index (χ2v) is 8.91. The van der Waals surface area contributed by atoms with Crippen molar-refractivity contribution in [3.8, 4) is 23.3 Å². The molecule has 2 N–H and O–H groups in total. The first-order valence-electron chi connectivity index (χ1n) is 8.98. The molecule has 31 heavy (non-hydrogen) atoms. The number of carbonyl (C=O) groups is 1. The Morgan fingerprint density at radius 2 is 1.81 bits per heavy atom. The topological polar surface area (TPSA) is 94.6 Å². The first-order valence-corrected chi connectivity index (χ1v) is 11.2. The minimum Gasteiger partial charge on any atom is -0.493 e. The van der Waals surface area contributed by atoms with Crippen molar-refractivity contribution in [3.63, 3.8) is 0 Å². The van der Waals surface area contributed by atoms with E-state index in [4.69, 9.17) is 31.5 Å². The molecule has 0 spiro atoms. The van der Waals surface area contributed by atoms with Gasteiger partial charge >= 0.3 is 0 Å². The van der Waals surface area contributed by atoms with Crippen molar-refractivity contribution < 1.29 is 19.0 Å². The van der Waals surface area contributed by atoms with Crippen LogP contribution in [0.1, 0.15) is 26.4 Å². The average molecular weight is 475 g/mol. The van der Waals surface area contributed by atoms with Crippen LogP contribution in [0.5, 0.6) is 17.2 Å². The van der Waals surface area contributed by atoms with Crippen LogP contribution in [0.3, 0.4) is 0 Å². The van der Waals surface area contributed by atoms with E-state index in [1.54, 1.807) is 12.1 Å². The maximum Gasteiger partial charge on any atom is 0.205 e. The summed E-state index contributed by atoms with van der Waals surface area (Å²) in [5.41, 5.74) is 7.89. The van der Waals surface area contributed by atoms with Gasteiger partial charge in [0.15, 0.2) is 11.5 Å². The number of ether oxygens (including phenoxy) is 3. The van der Waals surface area contributed by atoms with Crippen molar-refractivity contribution in [3.05, 3.63) is 63.0 Å². The molecular weight excluding hydrogens is 456 g/mol. The number of nitrogens with two attached hydrogens (primary N) is 1. The van der Waals surface area contributed by atoms with E-state index in [1.807, 2.05) is 24.3 Å². The minimum atomic E-state index is -0.331. The molecule has 2 aromatic carbocycles. The lowest BCUT2D eigenvalue weighted by Gasteiger charge is -2.13. The van der Waals surface area contributed by atoms with Gasteiger partial charge in [-0.3, -0.25) is 4.79 Å². The number of benzene rings is 2. The van der Waals surface area contributed by atoms with Crippen LogP contribution in [-0.2, 0) is 5.75 Å². The second kappa shape index (κ2) is 9.96. The molecule has 160 valence electrons. The Morgan fingerprint density at radius 3 is 2.35 bits per heavy atom. The van der Waals surface area contributed by atoms with Gasteiger partial charge in [0.2, 0.25) is 11.5 Å². The molecule has 0 radical (unpaired) electrons. The van der Waals surface area contributed by atoms with Crippen LogP contribution >= 0.6 is 34.7 Å². The van der Waals surface area contributed by atoms with E-state index in [2.05, 4.69) is 6.07 Å². The van der Waals surface area contributed by atoms with Gasteiger partial charge in [-0.2, -0.15) is 5.26 Å². The maximum absolute atomic E-state index is 13.3. The van der Waals surface area contributed by atoms with Crippen LogP contribution in [0.25, 0.3) is 0 Å². The van der Waals surface area contributed by atoms with E-state index >= 15 is 0 Å². The highest BCUT2D eigenvalue weighted by Crippen LogP contribution is 2.43. The number of carbonyl (C=O) groups excluding carboxylic acids is 1. The Morgan fingerprint density at radius 1 is 1.16 bits per heavy atom. The molecule has 3 aromatic rings. The highest BCUT2D eigenvalue weighted by Gasteiger charge is 2.25. The SMILES string of the molecule is COc1cc(C(=O)c2sc(SCc3ccccc3Cl)c(C#N)c2N)cc(OC)c1OC. The zero-order chi connectivity index (χ0) is 22.5. The van der Waals surface area contributed by atoms with Gasteiger partial charge < -0.3 is 19.9 Å². The van der Waals surface area contributed by atoms with Gasteiger partial charge in [0.25, 0.3) is 0 Å². The smallest absolute Gasteiger partial charge is 0.205 e. The first kappa shape index (κ1) is 22.8. The standard InChI is InChI=1S/C22H19ClN2O4S2/c1-27-16-8-13(9-17(28-2)20(16)29-3)19(26)21-18(25)14(10-24)22(31-21)30-11-12-6-4-5-7-15(12)23/h4-9H,11,25H2,1-3H3. The summed E-state index contributed by atoms with van der Waals surface area (Å²) in [5.74, 6) is 1.31. The fraction of sp³-hybridized carbons (Fsp3) is 0.182.